The fraction of sp³-hybridized carbons (Fsp3) is 1.00. The molecule has 2 rings (SSSR count). The van der Waals surface area contributed by atoms with Crippen molar-refractivity contribution in [3.63, 3.8) is 0 Å². The summed E-state index contributed by atoms with van der Waals surface area (Å²) in [6, 6.07) is -0.148. The fourth-order valence-electron chi connectivity index (χ4n) is 2.45. The van der Waals surface area contributed by atoms with E-state index in [9.17, 15) is 18.3 Å². The van der Waals surface area contributed by atoms with E-state index in [0.717, 1.165) is 0 Å². The van der Waals surface area contributed by atoms with Crippen molar-refractivity contribution >= 4 is 12.4 Å². The summed E-state index contributed by atoms with van der Waals surface area (Å²) in [5.41, 5.74) is -1.80. The van der Waals surface area contributed by atoms with E-state index in [1.807, 2.05) is 0 Å². The first kappa shape index (κ1) is 12.1. The number of aliphatic hydroxyl groups excluding tert-OH is 1. The summed E-state index contributed by atoms with van der Waals surface area (Å²) in [7, 11) is 0. The molecule has 2 saturated heterocycles. The van der Waals surface area contributed by atoms with Gasteiger partial charge in [-0.05, 0) is 19.3 Å². The van der Waals surface area contributed by atoms with Gasteiger partial charge in [0.05, 0.1) is 6.10 Å². The minimum atomic E-state index is -4.23. The molecule has 3 unspecified atom stereocenters. The quantitative estimate of drug-likeness (QED) is 0.664. The molecule has 2 heterocycles. The van der Waals surface area contributed by atoms with E-state index in [1.165, 1.54) is 0 Å². The molecule has 0 aliphatic carbocycles. The van der Waals surface area contributed by atoms with Gasteiger partial charge >= 0.3 is 6.18 Å². The van der Waals surface area contributed by atoms with E-state index >= 15 is 0 Å². The van der Waals surface area contributed by atoms with Gasteiger partial charge in [-0.2, -0.15) is 13.2 Å². The largest absolute Gasteiger partial charge is 0.406 e. The zero-order chi connectivity index (χ0) is 9.69. The van der Waals surface area contributed by atoms with Crippen molar-refractivity contribution in [3.05, 3.63) is 0 Å². The summed E-state index contributed by atoms with van der Waals surface area (Å²) in [6.07, 6.45) is -4.13. The van der Waals surface area contributed by atoms with Gasteiger partial charge in [0, 0.05) is 12.5 Å². The average molecular weight is 232 g/mol. The maximum Gasteiger partial charge on any atom is 0.406 e. The summed E-state index contributed by atoms with van der Waals surface area (Å²) in [5.74, 6) is 0. The normalized spacial score (nSPS) is 42.0. The predicted molar refractivity (Wildman–Crippen MR) is 47.4 cm³/mol. The van der Waals surface area contributed by atoms with Crippen LogP contribution in [0.5, 0.6) is 0 Å². The highest BCUT2D eigenvalue weighted by atomic mass is 35.5. The first-order chi connectivity index (χ1) is 5.93. The maximum absolute atomic E-state index is 12.6. The van der Waals surface area contributed by atoms with Crippen molar-refractivity contribution in [1.82, 2.24) is 5.32 Å². The highest BCUT2D eigenvalue weighted by molar-refractivity contribution is 5.85. The number of nitrogens with one attached hydrogen (secondary N) is 1. The van der Waals surface area contributed by atoms with Gasteiger partial charge in [0.15, 0.2) is 0 Å². The molecule has 0 radical (unpaired) electrons. The average Bonchev–Trinajstić information content (AvgIpc) is 2.26. The second-order valence-electron chi connectivity index (χ2n) is 4.05. The minimum Gasteiger partial charge on any atom is -0.393 e. The van der Waals surface area contributed by atoms with Crippen LogP contribution in [0.25, 0.3) is 0 Å². The first-order valence-corrected chi connectivity index (χ1v) is 4.45. The molecule has 2 bridgehead atoms. The van der Waals surface area contributed by atoms with E-state index in [1.54, 1.807) is 0 Å². The minimum absolute atomic E-state index is 0. The van der Waals surface area contributed by atoms with Crippen LogP contribution < -0.4 is 5.32 Å². The molecule has 0 aromatic rings. The standard InChI is InChI=1S/C8H12F3NO.ClH/c9-8(10,11)7-2-1-5(12-7)3-6(13)4-7;/h5-6,12-13H,1-4H2;1H. The first-order valence-electron chi connectivity index (χ1n) is 4.45. The lowest BCUT2D eigenvalue weighted by molar-refractivity contribution is -0.205. The molecule has 0 amide bonds. The van der Waals surface area contributed by atoms with Crippen LogP contribution in [0.4, 0.5) is 13.2 Å². The van der Waals surface area contributed by atoms with Crippen molar-refractivity contribution in [1.29, 1.82) is 0 Å². The Morgan fingerprint density at radius 2 is 2.00 bits per heavy atom. The van der Waals surface area contributed by atoms with E-state index in [0.29, 0.717) is 12.8 Å². The molecular weight excluding hydrogens is 219 g/mol. The van der Waals surface area contributed by atoms with Crippen LogP contribution >= 0.6 is 12.4 Å². The summed E-state index contributed by atoms with van der Waals surface area (Å²) in [6.45, 7) is 0. The number of alkyl halides is 3. The second-order valence-corrected chi connectivity index (χ2v) is 4.05. The van der Waals surface area contributed by atoms with Crippen molar-refractivity contribution in [2.75, 3.05) is 0 Å². The number of fused-ring (bicyclic) bond motifs is 2. The van der Waals surface area contributed by atoms with Gasteiger partial charge in [-0.3, -0.25) is 0 Å². The molecule has 3 atom stereocenters. The third-order valence-corrected chi connectivity index (χ3v) is 3.08. The molecule has 14 heavy (non-hydrogen) atoms. The summed E-state index contributed by atoms with van der Waals surface area (Å²) < 4.78 is 37.9. The summed E-state index contributed by atoms with van der Waals surface area (Å²) in [4.78, 5) is 0. The molecule has 2 nitrogen and oxygen atoms in total. The Kier molecular flexibility index (Phi) is 3.05. The van der Waals surface area contributed by atoms with Crippen LogP contribution in [0.15, 0.2) is 0 Å². The number of aliphatic hydroxyl groups is 1. The molecule has 84 valence electrons. The Balaban J connectivity index is 0.000000980. The van der Waals surface area contributed by atoms with Crippen molar-refractivity contribution < 1.29 is 18.3 Å². The van der Waals surface area contributed by atoms with Gasteiger partial charge in [0.25, 0.3) is 0 Å². The third-order valence-electron chi connectivity index (χ3n) is 3.08. The molecule has 2 fully saturated rings. The van der Waals surface area contributed by atoms with E-state index < -0.39 is 17.8 Å². The van der Waals surface area contributed by atoms with E-state index in [-0.39, 0.29) is 31.3 Å². The van der Waals surface area contributed by atoms with E-state index in [4.69, 9.17) is 0 Å². The Morgan fingerprint density at radius 3 is 2.57 bits per heavy atom. The van der Waals surface area contributed by atoms with Crippen LogP contribution in [0.1, 0.15) is 25.7 Å². The lowest BCUT2D eigenvalue weighted by Gasteiger charge is -2.38. The number of hydrogen-bond donors (Lipinski definition) is 2. The van der Waals surface area contributed by atoms with E-state index in [2.05, 4.69) is 5.32 Å². The monoisotopic (exact) mass is 231 g/mol. The number of halogens is 4. The van der Waals surface area contributed by atoms with Gasteiger partial charge in [0.1, 0.15) is 5.54 Å². The lowest BCUT2D eigenvalue weighted by Crippen LogP contribution is -2.59. The SMILES string of the molecule is Cl.OC1CC2CCC(C(F)(F)F)(C1)N2. The Morgan fingerprint density at radius 1 is 1.36 bits per heavy atom. The van der Waals surface area contributed by atoms with Crippen LogP contribution in [0.2, 0.25) is 0 Å². The van der Waals surface area contributed by atoms with Crippen LogP contribution in [0, 0.1) is 0 Å². The van der Waals surface area contributed by atoms with Crippen molar-refractivity contribution in [2.24, 2.45) is 0 Å². The molecular formula is C8H13ClF3NO. The highest BCUT2D eigenvalue weighted by Gasteiger charge is 2.60. The van der Waals surface area contributed by atoms with Gasteiger partial charge in [-0.1, -0.05) is 0 Å². The molecule has 6 heteroatoms. The number of hydrogen-bond acceptors (Lipinski definition) is 2. The topological polar surface area (TPSA) is 32.3 Å². The van der Waals surface area contributed by atoms with Crippen LogP contribution in [-0.2, 0) is 0 Å². The smallest absolute Gasteiger partial charge is 0.393 e. The van der Waals surface area contributed by atoms with Crippen LogP contribution in [-0.4, -0.2) is 29.0 Å². The fourth-order valence-corrected chi connectivity index (χ4v) is 2.45. The Labute approximate surface area is 86.3 Å². The predicted octanol–water partition coefficient (Wildman–Crippen LogP) is 1.62. The molecule has 0 saturated carbocycles. The zero-order valence-electron chi connectivity index (χ0n) is 7.47. The van der Waals surface area contributed by atoms with Gasteiger partial charge in [-0.15, -0.1) is 12.4 Å². The number of piperidine rings is 1. The molecule has 2 aliphatic rings. The summed E-state index contributed by atoms with van der Waals surface area (Å²) in [5, 5.41) is 11.9. The zero-order valence-corrected chi connectivity index (χ0v) is 8.29. The summed E-state index contributed by atoms with van der Waals surface area (Å²) >= 11 is 0. The molecule has 0 spiro atoms. The van der Waals surface area contributed by atoms with Gasteiger partial charge < -0.3 is 10.4 Å². The Hall–Kier alpha value is -0.0000000000000000486. The molecule has 0 aromatic heterocycles. The molecule has 0 aromatic carbocycles. The third kappa shape index (κ3) is 1.73. The second kappa shape index (κ2) is 3.54. The molecule has 2 N–H and O–H groups in total. The Bertz CT molecular complexity index is 223. The number of rotatable bonds is 0. The maximum atomic E-state index is 12.6. The van der Waals surface area contributed by atoms with Crippen LogP contribution in [0.3, 0.4) is 0 Å². The van der Waals surface area contributed by atoms with Crippen molar-refractivity contribution in [2.45, 2.75) is 49.5 Å². The molecule has 2 aliphatic heterocycles. The lowest BCUT2D eigenvalue weighted by atomic mass is 9.88. The highest BCUT2D eigenvalue weighted by Crippen LogP contribution is 2.45. The van der Waals surface area contributed by atoms with Gasteiger partial charge in [-0.25, -0.2) is 0 Å². The van der Waals surface area contributed by atoms with Gasteiger partial charge in [0.2, 0.25) is 0 Å². The van der Waals surface area contributed by atoms with Crippen molar-refractivity contribution in [3.8, 4) is 0 Å².